The van der Waals surface area contributed by atoms with Gasteiger partial charge >= 0.3 is 0 Å². The van der Waals surface area contributed by atoms with Crippen molar-refractivity contribution in [3.8, 4) is 0 Å². The second-order valence-electron chi connectivity index (χ2n) is 3.73. The minimum absolute atomic E-state index is 0.331. The molecule has 0 bridgehead atoms. The lowest BCUT2D eigenvalue weighted by Gasteiger charge is -2.09. The summed E-state index contributed by atoms with van der Waals surface area (Å²) < 4.78 is 26.0. The molecule has 1 heterocycles. The molecule has 4 nitrogen and oxygen atoms in total. The molecule has 13 heavy (non-hydrogen) atoms. The van der Waals surface area contributed by atoms with Gasteiger partial charge in [0.15, 0.2) is 0 Å². The van der Waals surface area contributed by atoms with Crippen molar-refractivity contribution in [3.63, 3.8) is 0 Å². The van der Waals surface area contributed by atoms with Gasteiger partial charge in [0.25, 0.3) is 10.1 Å². The Morgan fingerprint density at radius 3 is 2.69 bits per heavy atom. The molecule has 78 valence electrons. The van der Waals surface area contributed by atoms with Crippen LogP contribution in [0.3, 0.4) is 0 Å². The van der Waals surface area contributed by atoms with E-state index in [0.717, 1.165) is 32.2 Å². The summed E-state index contributed by atoms with van der Waals surface area (Å²) in [5, 5.41) is 0. The van der Waals surface area contributed by atoms with E-state index in [0.29, 0.717) is 12.5 Å². The maximum Gasteiger partial charge on any atom is 0.264 e. The summed E-state index contributed by atoms with van der Waals surface area (Å²) in [6.45, 7) is 2.51. The molecule has 1 fully saturated rings. The van der Waals surface area contributed by atoms with Crippen LogP contribution in [0.1, 0.15) is 12.8 Å². The molecule has 5 heteroatoms. The van der Waals surface area contributed by atoms with Crippen LogP contribution in [0.15, 0.2) is 0 Å². The summed E-state index contributed by atoms with van der Waals surface area (Å²) in [7, 11) is -1.16. The summed E-state index contributed by atoms with van der Waals surface area (Å²) in [4.78, 5) is 2.26. The van der Waals surface area contributed by atoms with E-state index in [4.69, 9.17) is 0 Å². The first-order chi connectivity index (χ1) is 5.97. The Kier molecular flexibility index (Phi) is 3.70. The number of hydrogen-bond acceptors (Lipinski definition) is 4. The van der Waals surface area contributed by atoms with E-state index in [2.05, 4.69) is 16.1 Å². The van der Waals surface area contributed by atoms with E-state index < -0.39 is 10.1 Å². The highest BCUT2D eigenvalue weighted by molar-refractivity contribution is 7.85. The molecule has 0 unspecified atom stereocenters. The molecular weight excluding hydrogens is 190 g/mol. The van der Waals surface area contributed by atoms with Crippen LogP contribution in [0.4, 0.5) is 0 Å². The Labute approximate surface area is 80.0 Å². The zero-order chi connectivity index (χ0) is 9.90. The van der Waals surface area contributed by atoms with Crippen LogP contribution >= 0.6 is 0 Å². The fourth-order valence-electron chi connectivity index (χ4n) is 1.63. The van der Waals surface area contributed by atoms with Gasteiger partial charge in [0, 0.05) is 6.54 Å². The molecule has 0 aromatic rings. The molecule has 0 N–H and O–H groups in total. The first-order valence-electron chi connectivity index (χ1n) is 4.50. The molecule has 0 saturated carbocycles. The zero-order valence-electron chi connectivity index (χ0n) is 8.19. The number of likely N-dealkylation sites (tertiary alicyclic amines) is 1. The van der Waals surface area contributed by atoms with Crippen molar-refractivity contribution >= 4 is 10.1 Å². The van der Waals surface area contributed by atoms with Gasteiger partial charge < -0.3 is 4.90 Å². The van der Waals surface area contributed by atoms with E-state index in [1.807, 2.05) is 0 Å². The number of hydrogen-bond donors (Lipinski definition) is 0. The average Bonchev–Trinajstić information content (AvgIpc) is 2.33. The van der Waals surface area contributed by atoms with E-state index in [1.54, 1.807) is 0 Å². The number of rotatable bonds is 4. The van der Waals surface area contributed by atoms with E-state index in [9.17, 15) is 8.42 Å². The summed E-state index contributed by atoms with van der Waals surface area (Å²) >= 11 is 0. The topological polar surface area (TPSA) is 46.6 Å². The summed E-state index contributed by atoms with van der Waals surface area (Å²) in [6.07, 6.45) is 3.09. The molecule has 1 saturated heterocycles. The molecule has 1 rings (SSSR count). The first-order valence-corrected chi connectivity index (χ1v) is 6.32. The Hall–Kier alpha value is -0.130. The van der Waals surface area contributed by atoms with Gasteiger partial charge in [-0.05, 0) is 32.4 Å². The highest BCUT2D eigenvalue weighted by Gasteiger charge is 2.19. The van der Waals surface area contributed by atoms with Crippen LogP contribution in [0.25, 0.3) is 0 Å². The third-order valence-corrected chi connectivity index (χ3v) is 2.91. The normalized spacial score (nSPS) is 25.2. The Morgan fingerprint density at radius 1 is 1.54 bits per heavy atom. The lowest BCUT2D eigenvalue weighted by Crippen LogP contribution is -2.15. The van der Waals surface area contributed by atoms with Crippen molar-refractivity contribution in [2.24, 2.45) is 5.92 Å². The maximum atomic E-state index is 10.6. The Morgan fingerprint density at radius 2 is 2.23 bits per heavy atom. The predicted octanol–water partition coefficient (Wildman–Crippen LogP) is 0.304. The lowest BCUT2D eigenvalue weighted by molar-refractivity contribution is 0.282. The van der Waals surface area contributed by atoms with E-state index >= 15 is 0 Å². The summed E-state index contributed by atoms with van der Waals surface area (Å²) in [5.74, 6) is 0.603. The fourth-order valence-corrected chi connectivity index (χ4v) is 2.03. The predicted molar refractivity (Wildman–Crippen MR) is 51.0 cm³/mol. The van der Waals surface area contributed by atoms with Crippen molar-refractivity contribution in [1.82, 2.24) is 4.90 Å². The quantitative estimate of drug-likeness (QED) is 0.622. The highest BCUT2D eigenvalue weighted by Crippen LogP contribution is 2.17. The van der Waals surface area contributed by atoms with Gasteiger partial charge in [0.2, 0.25) is 0 Å². The van der Waals surface area contributed by atoms with Crippen LogP contribution in [0.2, 0.25) is 0 Å². The summed E-state index contributed by atoms with van der Waals surface area (Å²) in [6, 6.07) is 0. The average molecular weight is 207 g/mol. The van der Waals surface area contributed by atoms with Crippen LogP contribution in [0, 0.1) is 5.92 Å². The van der Waals surface area contributed by atoms with Gasteiger partial charge in [0.05, 0.1) is 12.9 Å². The van der Waals surface area contributed by atoms with Crippen LogP contribution in [-0.4, -0.2) is 46.3 Å². The second-order valence-corrected chi connectivity index (χ2v) is 5.38. The van der Waals surface area contributed by atoms with Gasteiger partial charge in [-0.15, -0.1) is 0 Å². The molecule has 0 radical (unpaired) electrons. The standard InChI is InChI=1S/C8H17NO3S/c1-9-5-3-8(7-9)4-6-12-13(2,10)11/h8H,3-7H2,1-2H3/t8-/m1/s1. The smallest absolute Gasteiger partial charge is 0.264 e. The van der Waals surface area contributed by atoms with Gasteiger partial charge in [0.1, 0.15) is 0 Å². The van der Waals surface area contributed by atoms with Crippen LogP contribution < -0.4 is 0 Å². The molecule has 0 amide bonds. The fraction of sp³-hybridized carbons (Fsp3) is 1.00. The molecular formula is C8H17NO3S. The Balaban J connectivity index is 2.14. The van der Waals surface area contributed by atoms with Gasteiger partial charge in [-0.1, -0.05) is 0 Å². The largest absolute Gasteiger partial charge is 0.306 e. The molecule has 0 aromatic heterocycles. The minimum atomic E-state index is -3.24. The lowest BCUT2D eigenvalue weighted by atomic mass is 10.1. The van der Waals surface area contributed by atoms with Crippen molar-refractivity contribution < 1.29 is 12.6 Å². The molecule has 1 aliphatic heterocycles. The SMILES string of the molecule is CN1CC[C@H](CCOS(C)(=O)=O)C1. The van der Waals surface area contributed by atoms with E-state index in [-0.39, 0.29) is 0 Å². The molecule has 1 aliphatic rings. The molecule has 1 atom stereocenters. The van der Waals surface area contributed by atoms with Gasteiger partial charge in [-0.2, -0.15) is 8.42 Å². The Bertz CT molecular complexity index is 250. The zero-order valence-corrected chi connectivity index (χ0v) is 9.01. The van der Waals surface area contributed by atoms with Gasteiger partial charge in [-0.3, -0.25) is 4.18 Å². The van der Waals surface area contributed by atoms with Crippen LogP contribution in [0.5, 0.6) is 0 Å². The van der Waals surface area contributed by atoms with Crippen molar-refractivity contribution in [2.75, 3.05) is 33.0 Å². The van der Waals surface area contributed by atoms with Crippen molar-refractivity contribution in [3.05, 3.63) is 0 Å². The third-order valence-electron chi connectivity index (χ3n) is 2.31. The highest BCUT2D eigenvalue weighted by atomic mass is 32.2. The van der Waals surface area contributed by atoms with Crippen LogP contribution in [-0.2, 0) is 14.3 Å². The summed E-state index contributed by atoms with van der Waals surface area (Å²) in [5.41, 5.74) is 0. The molecule has 0 spiro atoms. The third kappa shape index (κ3) is 4.59. The first kappa shape index (κ1) is 10.9. The van der Waals surface area contributed by atoms with Gasteiger partial charge in [-0.25, -0.2) is 0 Å². The second kappa shape index (κ2) is 4.39. The monoisotopic (exact) mass is 207 g/mol. The molecule has 0 aliphatic carbocycles. The number of nitrogens with zero attached hydrogens (tertiary/aromatic N) is 1. The van der Waals surface area contributed by atoms with Crippen molar-refractivity contribution in [1.29, 1.82) is 0 Å². The maximum absolute atomic E-state index is 10.6. The molecule has 0 aromatic carbocycles. The van der Waals surface area contributed by atoms with E-state index in [1.165, 1.54) is 0 Å². The van der Waals surface area contributed by atoms with Crippen molar-refractivity contribution in [2.45, 2.75) is 12.8 Å². The minimum Gasteiger partial charge on any atom is -0.306 e.